The summed E-state index contributed by atoms with van der Waals surface area (Å²) in [6.07, 6.45) is 0. The Morgan fingerprint density at radius 1 is 0.321 bits per heavy atom. The summed E-state index contributed by atoms with van der Waals surface area (Å²) in [7, 11) is 0. The highest BCUT2D eigenvalue weighted by Crippen LogP contribution is 2.57. The second kappa shape index (κ2) is 11.5. The predicted molar refractivity (Wildman–Crippen MR) is 238 cm³/mol. The first-order valence-corrected chi connectivity index (χ1v) is 19.6. The summed E-state index contributed by atoms with van der Waals surface area (Å²) in [6, 6.07) is 66.9. The number of rotatable bonds is 3. The Kier molecular flexibility index (Phi) is 6.46. The van der Waals surface area contributed by atoms with Crippen molar-refractivity contribution in [1.29, 1.82) is 0 Å². The molecule has 0 atom stereocenters. The average molecular weight is 713 g/mol. The fraction of sp³-hybridized carbons (Fsp3) is 0.0545. The molecule has 0 saturated heterocycles. The van der Waals surface area contributed by atoms with E-state index in [1.165, 1.54) is 93.2 Å². The number of hydrogen-bond donors (Lipinski definition) is 0. The number of fused-ring (bicyclic) bond motifs is 13. The van der Waals surface area contributed by atoms with Gasteiger partial charge < -0.3 is 4.42 Å². The number of hydrogen-bond acceptors (Lipinski definition) is 1. The van der Waals surface area contributed by atoms with Gasteiger partial charge in [0.1, 0.15) is 11.2 Å². The van der Waals surface area contributed by atoms with Crippen LogP contribution in [0.2, 0.25) is 0 Å². The molecule has 0 unspecified atom stereocenters. The summed E-state index contributed by atoms with van der Waals surface area (Å²) < 4.78 is 6.64. The topological polar surface area (TPSA) is 13.1 Å². The fourth-order valence-electron chi connectivity index (χ4n) is 10.4. The van der Waals surface area contributed by atoms with Crippen molar-refractivity contribution in [3.63, 3.8) is 0 Å². The lowest BCUT2D eigenvalue weighted by molar-refractivity contribution is 0.668. The largest absolute Gasteiger partial charge is 0.455 e. The third kappa shape index (κ3) is 4.20. The van der Waals surface area contributed by atoms with Gasteiger partial charge in [0.05, 0.1) is 0 Å². The van der Waals surface area contributed by atoms with Crippen molar-refractivity contribution in [2.24, 2.45) is 0 Å². The van der Waals surface area contributed by atoms with E-state index in [0.29, 0.717) is 0 Å². The maximum Gasteiger partial charge on any atom is 0.143 e. The van der Waals surface area contributed by atoms with Crippen molar-refractivity contribution in [3.05, 3.63) is 193 Å². The van der Waals surface area contributed by atoms with E-state index in [0.717, 1.165) is 27.5 Å². The molecule has 0 saturated carbocycles. The van der Waals surface area contributed by atoms with Gasteiger partial charge in [0.2, 0.25) is 0 Å². The van der Waals surface area contributed by atoms with Crippen LogP contribution < -0.4 is 0 Å². The average Bonchev–Trinajstić information content (AvgIpc) is 3.75. The van der Waals surface area contributed by atoms with Gasteiger partial charge in [-0.2, -0.15) is 0 Å². The van der Waals surface area contributed by atoms with Crippen molar-refractivity contribution in [1.82, 2.24) is 0 Å². The van der Waals surface area contributed by atoms with Crippen molar-refractivity contribution in [3.8, 4) is 44.5 Å². The Labute approximate surface area is 325 Å². The van der Waals surface area contributed by atoms with Crippen LogP contribution in [-0.2, 0) is 5.41 Å². The predicted octanol–water partition coefficient (Wildman–Crippen LogP) is 15.5. The normalized spacial score (nSPS) is 13.3. The Morgan fingerprint density at radius 2 is 0.786 bits per heavy atom. The number of benzene rings is 10. The maximum atomic E-state index is 6.64. The molecule has 10 aromatic carbocycles. The molecule has 1 nitrogen and oxygen atoms in total. The molecule has 0 bridgehead atoms. The van der Waals surface area contributed by atoms with Crippen LogP contribution in [0.4, 0.5) is 0 Å². The summed E-state index contributed by atoms with van der Waals surface area (Å²) in [5, 5.41) is 12.5. The molecule has 262 valence electrons. The fourth-order valence-corrected chi connectivity index (χ4v) is 10.4. The monoisotopic (exact) mass is 712 g/mol. The Bertz CT molecular complexity index is 3390. The number of para-hydroxylation sites is 2. The first-order chi connectivity index (χ1) is 27.6. The zero-order chi connectivity index (χ0) is 37.1. The van der Waals surface area contributed by atoms with Crippen LogP contribution in [0.25, 0.3) is 110 Å². The minimum Gasteiger partial charge on any atom is -0.455 e. The molecule has 11 aromatic rings. The Hall–Kier alpha value is -6.96. The van der Waals surface area contributed by atoms with Gasteiger partial charge >= 0.3 is 0 Å². The minimum atomic E-state index is -0.209. The lowest BCUT2D eigenvalue weighted by Crippen LogP contribution is -2.17. The highest BCUT2D eigenvalue weighted by Gasteiger charge is 2.40. The van der Waals surface area contributed by atoms with Crippen LogP contribution >= 0.6 is 0 Å². The zero-order valence-corrected chi connectivity index (χ0v) is 31.2. The molecule has 0 amide bonds. The quantitative estimate of drug-likeness (QED) is 0.131. The van der Waals surface area contributed by atoms with Gasteiger partial charge in [0.15, 0.2) is 0 Å². The van der Waals surface area contributed by atoms with Crippen molar-refractivity contribution < 1.29 is 4.42 Å². The van der Waals surface area contributed by atoms with Gasteiger partial charge in [0.25, 0.3) is 0 Å². The van der Waals surface area contributed by atoms with Crippen molar-refractivity contribution >= 4 is 65.0 Å². The SMILES string of the molecule is CC1(C)c2c(-c3cccc(-c4c5ccccc5c(-c5cccc6c5oc5ccccc56)c5ccccc45)c3)cccc2-c2c1c1ccccc1c1ccccc21. The van der Waals surface area contributed by atoms with Crippen LogP contribution in [0.15, 0.2) is 186 Å². The summed E-state index contributed by atoms with van der Waals surface area (Å²) in [5.41, 5.74) is 14.5. The van der Waals surface area contributed by atoms with E-state index in [1.807, 2.05) is 6.07 Å². The van der Waals surface area contributed by atoms with Crippen LogP contribution in [0.5, 0.6) is 0 Å². The van der Waals surface area contributed by atoms with E-state index in [4.69, 9.17) is 4.42 Å². The summed E-state index contributed by atoms with van der Waals surface area (Å²) in [6.45, 7) is 4.85. The molecule has 0 spiro atoms. The Morgan fingerprint density at radius 3 is 1.48 bits per heavy atom. The van der Waals surface area contributed by atoms with Crippen molar-refractivity contribution in [2.45, 2.75) is 19.3 Å². The van der Waals surface area contributed by atoms with E-state index < -0.39 is 0 Å². The molecule has 1 aliphatic rings. The molecule has 0 radical (unpaired) electrons. The van der Waals surface area contributed by atoms with E-state index in [2.05, 4.69) is 190 Å². The van der Waals surface area contributed by atoms with Gasteiger partial charge in [-0.05, 0) is 99.7 Å². The molecule has 12 rings (SSSR count). The second-order valence-corrected chi connectivity index (χ2v) is 15.9. The molecule has 0 N–H and O–H groups in total. The van der Waals surface area contributed by atoms with Gasteiger partial charge in [-0.1, -0.05) is 184 Å². The highest BCUT2D eigenvalue weighted by atomic mass is 16.3. The smallest absolute Gasteiger partial charge is 0.143 e. The third-order valence-corrected chi connectivity index (χ3v) is 12.6. The van der Waals surface area contributed by atoms with Gasteiger partial charge in [-0.15, -0.1) is 0 Å². The van der Waals surface area contributed by atoms with E-state index in [-0.39, 0.29) is 5.41 Å². The lowest BCUT2D eigenvalue weighted by atomic mass is 9.76. The summed E-state index contributed by atoms with van der Waals surface area (Å²) >= 11 is 0. The Balaban J connectivity index is 1.10. The molecular weight excluding hydrogens is 677 g/mol. The molecule has 1 heteroatoms. The first-order valence-electron chi connectivity index (χ1n) is 19.6. The van der Waals surface area contributed by atoms with Gasteiger partial charge in [-0.25, -0.2) is 0 Å². The molecule has 56 heavy (non-hydrogen) atoms. The van der Waals surface area contributed by atoms with Crippen LogP contribution in [0.3, 0.4) is 0 Å². The molecular formula is C55H36O. The minimum absolute atomic E-state index is 0.209. The molecule has 1 aromatic heterocycles. The maximum absolute atomic E-state index is 6.64. The summed E-state index contributed by atoms with van der Waals surface area (Å²) in [5.74, 6) is 0. The van der Waals surface area contributed by atoms with Crippen LogP contribution in [-0.4, -0.2) is 0 Å². The molecule has 0 fully saturated rings. The zero-order valence-electron chi connectivity index (χ0n) is 31.2. The first kappa shape index (κ1) is 31.4. The van der Waals surface area contributed by atoms with E-state index in [9.17, 15) is 0 Å². The number of furan rings is 1. The molecule has 1 aliphatic carbocycles. The third-order valence-electron chi connectivity index (χ3n) is 12.6. The second-order valence-electron chi connectivity index (χ2n) is 15.9. The van der Waals surface area contributed by atoms with Crippen molar-refractivity contribution in [2.75, 3.05) is 0 Å². The van der Waals surface area contributed by atoms with Gasteiger partial charge in [-0.3, -0.25) is 0 Å². The van der Waals surface area contributed by atoms with Crippen LogP contribution in [0.1, 0.15) is 25.0 Å². The summed E-state index contributed by atoms with van der Waals surface area (Å²) in [4.78, 5) is 0. The lowest BCUT2D eigenvalue weighted by Gasteiger charge is -2.26. The van der Waals surface area contributed by atoms with E-state index in [1.54, 1.807) is 0 Å². The standard InChI is InChI=1S/C55H36O/c1-55(2)52-35(27-14-29-46(52)51-39-21-5-3-18-36(39)37-19-4-10-26-44(37)53(51)55)33-16-13-17-34(32-33)49-40-22-6-8-24-42(40)50(43-25-9-7-23-41(43)49)47-30-15-28-45-38-20-11-12-31-48(38)56-54(45)47/h3-32H,1-2H3. The highest BCUT2D eigenvalue weighted by molar-refractivity contribution is 6.24. The molecule has 1 heterocycles. The van der Waals surface area contributed by atoms with Gasteiger partial charge in [0, 0.05) is 27.3 Å². The molecule has 0 aliphatic heterocycles. The van der Waals surface area contributed by atoms with E-state index >= 15 is 0 Å². The van der Waals surface area contributed by atoms with Crippen LogP contribution in [0, 0.1) is 0 Å².